The second-order valence-electron chi connectivity index (χ2n) is 7.81. The van der Waals surface area contributed by atoms with Crippen LogP contribution in [0.3, 0.4) is 0 Å². The average molecular weight is 448 g/mol. The van der Waals surface area contributed by atoms with E-state index in [1.54, 1.807) is 31.4 Å². The van der Waals surface area contributed by atoms with Crippen LogP contribution < -0.4 is 9.64 Å². The molecule has 0 saturated carbocycles. The number of fused-ring (bicyclic) bond motifs is 2. The monoisotopic (exact) mass is 447 g/mol. The van der Waals surface area contributed by atoms with Gasteiger partial charge in [-0.2, -0.15) is 0 Å². The van der Waals surface area contributed by atoms with E-state index in [-0.39, 0.29) is 30.2 Å². The highest BCUT2D eigenvalue weighted by molar-refractivity contribution is 7.22. The Morgan fingerprint density at radius 2 is 1.81 bits per heavy atom. The van der Waals surface area contributed by atoms with E-state index in [0.717, 1.165) is 15.1 Å². The minimum Gasteiger partial charge on any atom is -0.497 e. The van der Waals surface area contributed by atoms with Crippen molar-refractivity contribution < 1.29 is 19.1 Å². The van der Waals surface area contributed by atoms with Crippen LogP contribution in [-0.4, -0.2) is 41.3 Å². The van der Waals surface area contributed by atoms with Crippen LogP contribution >= 0.6 is 11.3 Å². The molecule has 5 rings (SSSR count). The third kappa shape index (κ3) is 3.46. The van der Waals surface area contributed by atoms with Crippen LogP contribution in [0.25, 0.3) is 10.2 Å². The van der Waals surface area contributed by atoms with E-state index >= 15 is 0 Å². The van der Waals surface area contributed by atoms with E-state index in [9.17, 15) is 14.4 Å². The molecular formula is C24H21N3O4S. The van der Waals surface area contributed by atoms with E-state index < -0.39 is 5.91 Å². The summed E-state index contributed by atoms with van der Waals surface area (Å²) in [5, 5.41) is 0.475. The first-order chi connectivity index (χ1) is 15.6. The predicted octanol–water partition coefficient (Wildman–Crippen LogP) is 3.92. The lowest BCUT2D eigenvalue weighted by molar-refractivity contribution is -0.143. The molecule has 1 aromatic heterocycles. The topological polar surface area (TPSA) is 79.8 Å². The van der Waals surface area contributed by atoms with Crippen LogP contribution in [0.5, 0.6) is 5.75 Å². The maximum absolute atomic E-state index is 13.6. The van der Waals surface area contributed by atoms with Gasteiger partial charge in [0, 0.05) is 6.07 Å². The molecular weight excluding hydrogens is 426 g/mol. The largest absolute Gasteiger partial charge is 0.497 e. The number of carbonyl (C=O) groups excluding carboxylic acids is 3. The number of methoxy groups -OCH3 is 1. The van der Waals surface area contributed by atoms with E-state index in [1.807, 2.05) is 36.4 Å². The summed E-state index contributed by atoms with van der Waals surface area (Å²) < 4.78 is 6.27. The standard InChI is InChI=1S/C24H21N3O4S/c1-31-16-8-6-7-15(13-16)27(24-25-19-11-4-5-12-20(19)32-24)21(28)14-26-22(29)17-9-2-3-10-18(17)23(26)30/h2-8,11-13,17-18H,9-10,14H2,1H3/t17-,18-/m0/s1. The number of anilines is 2. The smallest absolute Gasteiger partial charge is 0.253 e. The van der Waals surface area contributed by atoms with Crippen molar-refractivity contribution in [3.05, 3.63) is 60.7 Å². The molecule has 1 fully saturated rings. The normalized spacial score (nSPS) is 20.0. The Labute approximate surface area is 188 Å². The van der Waals surface area contributed by atoms with Crippen molar-refractivity contribution in [3.8, 4) is 5.75 Å². The summed E-state index contributed by atoms with van der Waals surface area (Å²) in [4.78, 5) is 46.6. The maximum atomic E-state index is 13.6. The van der Waals surface area contributed by atoms with Gasteiger partial charge in [-0.1, -0.05) is 41.7 Å². The first-order valence-electron chi connectivity index (χ1n) is 10.4. The van der Waals surface area contributed by atoms with E-state index in [4.69, 9.17) is 4.74 Å². The summed E-state index contributed by atoms with van der Waals surface area (Å²) >= 11 is 1.38. The van der Waals surface area contributed by atoms with Crippen LogP contribution in [0.1, 0.15) is 12.8 Å². The Morgan fingerprint density at radius 1 is 1.09 bits per heavy atom. The number of allylic oxidation sites excluding steroid dienone is 2. The van der Waals surface area contributed by atoms with E-state index in [0.29, 0.717) is 29.4 Å². The van der Waals surface area contributed by atoms with Gasteiger partial charge in [-0.15, -0.1) is 0 Å². The second kappa shape index (κ2) is 8.20. The van der Waals surface area contributed by atoms with Crippen molar-refractivity contribution in [3.63, 3.8) is 0 Å². The molecule has 0 radical (unpaired) electrons. The zero-order chi connectivity index (χ0) is 22.2. The van der Waals surface area contributed by atoms with Crippen LogP contribution in [0.15, 0.2) is 60.7 Å². The fourth-order valence-corrected chi connectivity index (χ4v) is 5.30. The number of hydrogen-bond donors (Lipinski definition) is 0. The molecule has 2 aliphatic rings. The molecule has 2 aromatic carbocycles. The lowest BCUT2D eigenvalue weighted by Gasteiger charge is -2.23. The quantitative estimate of drug-likeness (QED) is 0.438. The van der Waals surface area contributed by atoms with Gasteiger partial charge in [-0.05, 0) is 37.1 Å². The van der Waals surface area contributed by atoms with Gasteiger partial charge in [0.05, 0.1) is 34.8 Å². The van der Waals surface area contributed by atoms with Crippen molar-refractivity contribution in [1.82, 2.24) is 9.88 Å². The van der Waals surface area contributed by atoms with Crippen LogP contribution in [0.4, 0.5) is 10.8 Å². The molecule has 7 nitrogen and oxygen atoms in total. The minimum atomic E-state index is -0.398. The van der Waals surface area contributed by atoms with Crippen molar-refractivity contribution >= 4 is 50.1 Å². The molecule has 8 heteroatoms. The van der Waals surface area contributed by atoms with Crippen molar-refractivity contribution in [2.45, 2.75) is 12.8 Å². The number of imide groups is 1. The highest BCUT2D eigenvalue weighted by atomic mass is 32.1. The molecule has 0 spiro atoms. The number of benzene rings is 2. The molecule has 1 aliphatic carbocycles. The lowest BCUT2D eigenvalue weighted by Crippen LogP contribution is -2.41. The summed E-state index contributed by atoms with van der Waals surface area (Å²) in [5.41, 5.74) is 1.34. The van der Waals surface area contributed by atoms with Gasteiger partial charge in [0.2, 0.25) is 11.8 Å². The van der Waals surface area contributed by atoms with Gasteiger partial charge in [0.15, 0.2) is 5.13 Å². The molecule has 3 aromatic rings. The molecule has 1 aliphatic heterocycles. The molecule has 162 valence electrons. The zero-order valence-corrected chi connectivity index (χ0v) is 18.2. The third-order valence-corrected chi connectivity index (χ3v) is 6.95. The Morgan fingerprint density at radius 3 is 2.50 bits per heavy atom. The Bertz CT molecular complexity index is 1190. The first kappa shape index (κ1) is 20.4. The highest BCUT2D eigenvalue weighted by Gasteiger charge is 2.48. The predicted molar refractivity (Wildman–Crippen MR) is 122 cm³/mol. The fourth-order valence-electron chi connectivity index (χ4n) is 4.30. The number of amides is 3. The minimum absolute atomic E-state index is 0.271. The molecule has 32 heavy (non-hydrogen) atoms. The Hall–Kier alpha value is -3.52. The summed E-state index contributed by atoms with van der Waals surface area (Å²) in [7, 11) is 1.56. The number of para-hydroxylation sites is 1. The van der Waals surface area contributed by atoms with Crippen LogP contribution in [0.2, 0.25) is 0 Å². The Kier molecular flexibility index (Phi) is 5.22. The van der Waals surface area contributed by atoms with E-state index in [2.05, 4.69) is 4.98 Å². The van der Waals surface area contributed by atoms with E-state index in [1.165, 1.54) is 16.2 Å². The van der Waals surface area contributed by atoms with Crippen LogP contribution in [0, 0.1) is 11.8 Å². The van der Waals surface area contributed by atoms with Crippen LogP contribution in [-0.2, 0) is 14.4 Å². The number of hydrogen-bond acceptors (Lipinski definition) is 6. The van der Waals surface area contributed by atoms with Gasteiger partial charge >= 0.3 is 0 Å². The number of carbonyl (C=O) groups is 3. The summed E-state index contributed by atoms with van der Waals surface area (Å²) in [5.74, 6) is -1.08. The lowest BCUT2D eigenvalue weighted by atomic mass is 9.85. The third-order valence-electron chi connectivity index (χ3n) is 5.93. The SMILES string of the molecule is COc1cccc(N(C(=O)CN2C(=O)[C@H]3CC=CC[C@@H]3C2=O)c2nc3ccccc3s2)c1. The molecule has 0 unspecified atom stereocenters. The average Bonchev–Trinajstić information content (AvgIpc) is 3.34. The second-order valence-corrected chi connectivity index (χ2v) is 8.82. The molecule has 1 saturated heterocycles. The molecule has 3 amide bonds. The van der Waals surface area contributed by atoms with Crippen molar-refractivity contribution in [2.24, 2.45) is 11.8 Å². The maximum Gasteiger partial charge on any atom is 0.253 e. The number of rotatable bonds is 5. The van der Waals surface area contributed by atoms with Gasteiger partial charge in [0.25, 0.3) is 5.91 Å². The summed E-state index contributed by atoms with van der Waals surface area (Å²) in [6, 6.07) is 14.7. The number of ether oxygens (including phenoxy) is 1. The number of aromatic nitrogens is 1. The fraction of sp³-hybridized carbons (Fsp3) is 0.250. The van der Waals surface area contributed by atoms with Gasteiger partial charge in [-0.25, -0.2) is 4.98 Å². The number of nitrogens with zero attached hydrogens (tertiary/aromatic N) is 3. The van der Waals surface area contributed by atoms with Gasteiger partial charge in [-0.3, -0.25) is 24.2 Å². The molecule has 0 N–H and O–H groups in total. The first-order valence-corrected chi connectivity index (χ1v) is 11.2. The van der Waals surface area contributed by atoms with Crippen molar-refractivity contribution in [1.29, 1.82) is 0 Å². The number of likely N-dealkylation sites (tertiary alicyclic amines) is 1. The van der Waals surface area contributed by atoms with Crippen molar-refractivity contribution in [2.75, 3.05) is 18.6 Å². The van der Waals surface area contributed by atoms with Gasteiger partial charge < -0.3 is 4.74 Å². The summed E-state index contributed by atoms with van der Waals surface area (Å²) in [6.45, 7) is -0.322. The number of thiazole rings is 1. The summed E-state index contributed by atoms with van der Waals surface area (Å²) in [6.07, 6.45) is 4.94. The zero-order valence-electron chi connectivity index (χ0n) is 17.4. The molecule has 0 bridgehead atoms. The van der Waals surface area contributed by atoms with Gasteiger partial charge in [0.1, 0.15) is 12.3 Å². The Balaban J connectivity index is 1.50. The highest BCUT2D eigenvalue weighted by Crippen LogP contribution is 2.37. The molecule has 2 atom stereocenters. The molecule has 2 heterocycles.